The zero-order chi connectivity index (χ0) is 26.9. The van der Waals surface area contributed by atoms with Gasteiger partial charge in [-0.05, 0) is 55.5 Å². The van der Waals surface area contributed by atoms with Gasteiger partial charge in [0.2, 0.25) is 0 Å². The summed E-state index contributed by atoms with van der Waals surface area (Å²) in [5, 5.41) is 14.5. The monoisotopic (exact) mass is 525 g/mol. The van der Waals surface area contributed by atoms with E-state index >= 15 is 0 Å². The number of nitriles is 1. The number of rotatable bonds is 4. The molecule has 6 aromatic rings. The van der Waals surface area contributed by atoms with E-state index < -0.39 is 10.1 Å². The molecule has 0 unspecified atom stereocenters. The first kappa shape index (κ1) is 25.0. The SMILES string of the molecule is C[n+]1c2ccccc2n2c3ccccc3c(NCc3ccco3)c(C#N)c21.Cc1ccc(S(=O)(=O)O)cc1. The van der Waals surface area contributed by atoms with Gasteiger partial charge in [0.25, 0.3) is 10.1 Å². The smallest absolute Gasteiger partial charge is 0.307 e. The van der Waals surface area contributed by atoms with E-state index in [2.05, 4.69) is 44.6 Å². The van der Waals surface area contributed by atoms with Crippen LogP contribution in [-0.4, -0.2) is 17.4 Å². The van der Waals surface area contributed by atoms with E-state index in [-0.39, 0.29) is 4.90 Å². The number of anilines is 1. The van der Waals surface area contributed by atoms with Crippen molar-refractivity contribution in [1.29, 1.82) is 5.26 Å². The Balaban J connectivity index is 0.000000226. The molecule has 9 heteroatoms. The molecule has 0 saturated carbocycles. The highest BCUT2D eigenvalue weighted by Gasteiger charge is 2.26. The summed E-state index contributed by atoms with van der Waals surface area (Å²) < 4.78 is 39.2. The molecule has 0 saturated heterocycles. The molecule has 3 aromatic carbocycles. The average molecular weight is 526 g/mol. The molecule has 0 aliphatic rings. The van der Waals surface area contributed by atoms with Gasteiger partial charge in [-0.25, -0.2) is 4.57 Å². The number of fused-ring (bicyclic) bond motifs is 5. The Kier molecular flexibility index (Phi) is 6.59. The second-order valence-corrected chi connectivity index (χ2v) is 10.2. The van der Waals surface area contributed by atoms with Gasteiger partial charge in [0, 0.05) is 5.39 Å². The molecule has 3 aromatic heterocycles. The van der Waals surface area contributed by atoms with Gasteiger partial charge in [-0.3, -0.25) is 4.55 Å². The molecular formula is C29H25N4O4S+. The van der Waals surface area contributed by atoms with Crippen LogP contribution in [0.4, 0.5) is 5.69 Å². The minimum absolute atomic E-state index is 0.0666. The molecule has 0 aliphatic carbocycles. The zero-order valence-corrected chi connectivity index (χ0v) is 21.6. The van der Waals surface area contributed by atoms with E-state index in [9.17, 15) is 13.7 Å². The number of hydrogen-bond acceptors (Lipinski definition) is 5. The molecular weight excluding hydrogens is 500 g/mol. The number of pyridine rings is 1. The highest BCUT2D eigenvalue weighted by molar-refractivity contribution is 7.85. The summed E-state index contributed by atoms with van der Waals surface area (Å²) >= 11 is 0. The maximum absolute atomic E-state index is 10.5. The van der Waals surface area contributed by atoms with Crippen LogP contribution >= 0.6 is 0 Å². The van der Waals surface area contributed by atoms with Gasteiger partial charge >= 0.3 is 5.65 Å². The van der Waals surface area contributed by atoms with Crippen molar-refractivity contribution in [2.24, 2.45) is 7.05 Å². The van der Waals surface area contributed by atoms with Crippen molar-refractivity contribution in [1.82, 2.24) is 4.40 Å². The molecule has 0 radical (unpaired) electrons. The number of para-hydroxylation sites is 3. The number of aryl methyl sites for hydroxylation is 2. The molecule has 0 fully saturated rings. The van der Waals surface area contributed by atoms with Crippen LogP contribution in [0.1, 0.15) is 16.9 Å². The lowest BCUT2D eigenvalue weighted by atomic mass is 10.1. The number of furan rings is 1. The summed E-state index contributed by atoms with van der Waals surface area (Å²) in [5.41, 5.74) is 6.51. The predicted octanol–water partition coefficient (Wildman–Crippen LogP) is 5.39. The number of hydrogen-bond donors (Lipinski definition) is 2. The summed E-state index contributed by atoms with van der Waals surface area (Å²) in [7, 11) is -2.02. The molecule has 0 aliphatic heterocycles. The summed E-state index contributed by atoms with van der Waals surface area (Å²) in [4.78, 5) is -0.0666. The Hall–Kier alpha value is -4.65. The minimum atomic E-state index is -4.02. The third-order valence-corrected chi connectivity index (χ3v) is 7.22. The van der Waals surface area contributed by atoms with E-state index in [1.54, 1.807) is 18.4 Å². The van der Waals surface area contributed by atoms with E-state index in [0.29, 0.717) is 12.1 Å². The normalized spacial score (nSPS) is 11.3. The van der Waals surface area contributed by atoms with Gasteiger partial charge < -0.3 is 9.73 Å². The van der Waals surface area contributed by atoms with Crippen molar-refractivity contribution in [2.45, 2.75) is 18.4 Å². The Morgan fingerprint density at radius 1 is 0.974 bits per heavy atom. The Morgan fingerprint density at radius 2 is 1.66 bits per heavy atom. The molecule has 8 nitrogen and oxygen atoms in total. The number of benzene rings is 3. The van der Waals surface area contributed by atoms with Crippen LogP contribution in [0.5, 0.6) is 0 Å². The molecule has 0 atom stereocenters. The molecule has 0 bridgehead atoms. The van der Waals surface area contributed by atoms with Crippen LogP contribution in [0, 0.1) is 18.3 Å². The fourth-order valence-electron chi connectivity index (χ4n) is 4.55. The highest BCUT2D eigenvalue weighted by atomic mass is 32.2. The third-order valence-electron chi connectivity index (χ3n) is 6.35. The summed E-state index contributed by atoms with van der Waals surface area (Å²) in [6.07, 6.45) is 1.66. The van der Waals surface area contributed by atoms with E-state index in [0.717, 1.165) is 44.6 Å². The van der Waals surface area contributed by atoms with E-state index in [4.69, 9.17) is 8.97 Å². The van der Waals surface area contributed by atoms with E-state index in [1.165, 1.54) is 12.1 Å². The van der Waals surface area contributed by atoms with Crippen molar-refractivity contribution >= 4 is 43.4 Å². The Labute approximate surface area is 219 Å². The van der Waals surface area contributed by atoms with Crippen LogP contribution in [0.25, 0.3) is 27.6 Å². The van der Waals surface area contributed by atoms with Gasteiger partial charge in [0.1, 0.15) is 17.3 Å². The maximum Gasteiger partial charge on any atom is 0.307 e. The van der Waals surface area contributed by atoms with Crippen LogP contribution in [0.15, 0.2) is 101 Å². The number of aromatic nitrogens is 2. The van der Waals surface area contributed by atoms with Gasteiger partial charge in [-0.1, -0.05) is 42.0 Å². The largest absolute Gasteiger partial charge is 0.467 e. The summed E-state index contributed by atoms with van der Waals surface area (Å²) in [6.45, 7) is 2.36. The fourth-order valence-corrected chi connectivity index (χ4v) is 5.03. The molecule has 38 heavy (non-hydrogen) atoms. The zero-order valence-electron chi connectivity index (χ0n) is 20.8. The molecule has 0 spiro atoms. The molecule has 6 rings (SSSR count). The van der Waals surface area contributed by atoms with Gasteiger partial charge in [-0.2, -0.15) is 18.1 Å². The minimum Gasteiger partial charge on any atom is -0.467 e. The third kappa shape index (κ3) is 4.59. The molecule has 3 heterocycles. The molecule has 190 valence electrons. The quantitative estimate of drug-likeness (QED) is 0.236. The maximum atomic E-state index is 10.5. The van der Waals surface area contributed by atoms with Gasteiger partial charge in [0.15, 0.2) is 16.6 Å². The van der Waals surface area contributed by atoms with Crippen LogP contribution in [-0.2, 0) is 23.7 Å². The van der Waals surface area contributed by atoms with Crippen LogP contribution < -0.4 is 9.88 Å². The van der Waals surface area contributed by atoms with Gasteiger partial charge in [0.05, 0.1) is 30.4 Å². The van der Waals surface area contributed by atoms with E-state index in [1.807, 2.05) is 50.4 Å². The lowest BCUT2D eigenvalue weighted by molar-refractivity contribution is -0.618. The number of nitrogens with zero attached hydrogens (tertiary/aromatic N) is 3. The molecule has 2 N–H and O–H groups in total. The molecule has 0 amide bonds. The topological polar surface area (TPSA) is 112 Å². The predicted molar refractivity (Wildman–Crippen MR) is 145 cm³/mol. The van der Waals surface area contributed by atoms with Gasteiger partial charge in [-0.15, -0.1) is 0 Å². The first-order valence-corrected chi connectivity index (χ1v) is 13.3. The first-order chi connectivity index (χ1) is 18.3. The average Bonchev–Trinajstić information content (AvgIpc) is 3.54. The first-order valence-electron chi connectivity index (χ1n) is 11.8. The van der Waals surface area contributed by atoms with Crippen molar-refractivity contribution in [3.63, 3.8) is 0 Å². The Morgan fingerprint density at radius 3 is 2.32 bits per heavy atom. The second kappa shape index (κ2) is 10.0. The van der Waals surface area contributed by atoms with Crippen LogP contribution in [0.3, 0.4) is 0 Å². The van der Waals surface area contributed by atoms with Crippen molar-refractivity contribution in [2.75, 3.05) is 5.32 Å². The fraction of sp³-hybridized carbons (Fsp3) is 0.103. The lowest BCUT2D eigenvalue weighted by Crippen LogP contribution is -2.28. The van der Waals surface area contributed by atoms with Crippen molar-refractivity contribution < 1.29 is 22.0 Å². The standard InChI is InChI=1S/C22H16N4O.C7H8O3S/c1-25-19-10-4-5-11-20(19)26-18-9-3-2-8-16(18)21(17(13-23)22(25)26)24-14-15-7-6-12-27-15;1-6-2-4-7(5-3-6)11(8,9)10/h2-12H,14H2,1H3;2-5H,1H3,(H,8,9,10)/p+1. The van der Waals surface area contributed by atoms with Crippen molar-refractivity contribution in [3.05, 3.63) is 108 Å². The Bertz CT molecular complexity index is 1920. The highest BCUT2D eigenvalue weighted by Crippen LogP contribution is 2.32. The lowest BCUT2D eigenvalue weighted by Gasteiger charge is -2.10. The summed E-state index contributed by atoms with van der Waals surface area (Å²) in [5.74, 6) is 0.827. The van der Waals surface area contributed by atoms with Crippen LogP contribution in [0.2, 0.25) is 0 Å². The number of imidazole rings is 1. The number of nitrogens with one attached hydrogen (secondary N) is 1. The summed E-state index contributed by atoms with van der Waals surface area (Å²) in [6, 6.07) is 28.6. The second-order valence-electron chi connectivity index (χ2n) is 8.81. The van der Waals surface area contributed by atoms with Crippen molar-refractivity contribution in [3.8, 4) is 6.07 Å².